The highest BCUT2D eigenvalue weighted by Gasteiger charge is 2.34. The lowest BCUT2D eigenvalue weighted by Gasteiger charge is -2.42. The van der Waals surface area contributed by atoms with E-state index in [1.165, 1.54) is 9.80 Å². The summed E-state index contributed by atoms with van der Waals surface area (Å²) in [6, 6.07) is -0.626. The van der Waals surface area contributed by atoms with Gasteiger partial charge in [-0.15, -0.1) is 0 Å². The Labute approximate surface area is 179 Å². The van der Waals surface area contributed by atoms with Gasteiger partial charge in [-0.05, 0) is 5.41 Å². The topological polar surface area (TPSA) is 196 Å². The lowest BCUT2D eigenvalue weighted by Crippen LogP contribution is -2.55. The monoisotopic (exact) mass is 449 g/mol. The maximum atomic E-state index is 11.4. The van der Waals surface area contributed by atoms with E-state index in [1.807, 2.05) is 0 Å². The van der Waals surface area contributed by atoms with Crippen LogP contribution in [0.15, 0.2) is 0 Å². The van der Waals surface area contributed by atoms with Crippen LogP contribution in [0.3, 0.4) is 0 Å². The molecule has 0 radical (unpaired) electrons. The third-order valence-corrected chi connectivity index (χ3v) is 4.35. The smallest absolute Gasteiger partial charge is 0.317 e. The summed E-state index contributed by atoms with van der Waals surface area (Å²) >= 11 is 0. The Morgan fingerprint density at radius 1 is 0.613 bits per heavy atom. The van der Waals surface area contributed by atoms with Crippen molar-refractivity contribution in [3.63, 3.8) is 0 Å². The van der Waals surface area contributed by atoms with Crippen LogP contribution in [-0.4, -0.2) is 128 Å². The van der Waals surface area contributed by atoms with Crippen LogP contribution < -0.4 is 0 Å². The summed E-state index contributed by atoms with van der Waals surface area (Å²) in [4.78, 5) is 59.5. The van der Waals surface area contributed by atoms with E-state index in [2.05, 4.69) is 0 Å². The summed E-state index contributed by atoms with van der Waals surface area (Å²) < 4.78 is 0. The molecule has 13 nitrogen and oxygen atoms in total. The molecule has 0 aliphatic heterocycles. The standard InChI is InChI=1S/C18H31N3O10/c1-18(2,3)12(6-20(9-15(26)27)10-16(28)29)21(11-17(30)31)5-4-19(7-13(22)23)8-14(24)25/h12H,4-11H2,1-3H3,(H,22,23)(H,24,25)(H,26,27)(H,28,29)(H,30,31). The van der Waals surface area contributed by atoms with Crippen molar-refractivity contribution >= 4 is 29.8 Å². The summed E-state index contributed by atoms with van der Waals surface area (Å²) in [5.41, 5.74) is -0.616. The van der Waals surface area contributed by atoms with Crippen LogP contribution in [0.1, 0.15) is 20.8 Å². The van der Waals surface area contributed by atoms with Crippen LogP contribution >= 0.6 is 0 Å². The summed E-state index contributed by atoms with van der Waals surface area (Å²) in [7, 11) is 0. The van der Waals surface area contributed by atoms with Gasteiger partial charge >= 0.3 is 29.8 Å². The minimum Gasteiger partial charge on any atom is -0.480 e. The fraction of sp³-hybridized carbons (Fsp3) is 0.722. The van der Waals surface area contributed by atoms with Gasteiger partial charge in [0.15, 0.2) is 0 Å². The quantitative estimate of drug-likeness (QED) is 0.187. The van der Waals surface area contributed by atoms with E-state index >= 15 is 0 Å². The molecule has 13 heteroatoms. The zero-order valence-electron chi connectivity index (χ0n) is 17.9. The second-order valence-electron chi connectivity index (χ2n) is 8.20. The molecule has 178 valence electrons. The number of nitrogens with zero attached hydrogens (tertiary/aromatic N) is 3. The molecule has 0 fully saturated rings. The Balaban J connectivity index is 5.72. The van der Waals surface area contributed by atoms with Crippen molar-refractivity contribution in [1.29, 1.82) is 0 Å². The molecule has 0 amide bonds. The highest BCUT2D eigenvalue weighted by molar-refractivity contribution is 5.73. The SMILES string of the molecule is CC(C)(C)C(CN(CC(=O)O)CC(=O)O)N(CCN(CC(=O)O)CC(=O)O)CC(=O)O. The van der Waals surface area contributed by atoms with E-state index in [-0.39, 0.29) is 19.6 Å². The zero-order chi connectivity index (χ0) is 24.4. The first-order valence-electron chi connectivity index (χ1n) is 9.39. The lowest BCUT2D eigenvalue weighted by atomic mass is 9.85. The van der Waals surface area contributed by atoms with E-state index < -0.39 is 74.0 Å². The maximum Gasteiger partial charge on any atom is 0.317 e. The number of carboxylic acids is 5. The predicted molar refractivity (Wildman–Crippen MR) is 106 cm³/mol. The molecule has 0 aromatic carbocycles. The highest BCUT2D eigenvalue weighted by Crippen LogP contribution is 2.25. The third-order valence-electron chi connectivity index (χ3n) is 4.35. The van der Waals surface area contributed by atoms with Gasteiger partial charge in [-0.1, -0.05) is 20.8 Å². The van der Waals surface area contributed by atoms with Crippen LogP contribution in [0.4, 0.5) is 0 Å². The molecule has 0 spiro atoms. The second kappa shape index (κ2) is 12.8. The van der Waals surface area contributed by atoms with Gasteiger partial charge in [-0.3, -0.25) is 38.7 Å². The summed E-state index contributed by atoms with van der Waals surface area (Å²) in [6.07, 6.45) is 0. The number of aliphatic carboxylic acids is 5. The Kier molecular flexibility index (Phi) is 11.7. The van der Waals surface area contributed by atoms with Crippen molar-refractivity contribution in [2.45, 2.75) is 26.8 Å². The van der Waals surface area contributed by atoms with Gasteiger partial charge in [-0.2, -0.15) is 0 Å². The molecule has 0 bridgehead atoms. The second-order valence-corrected chi connectivity index (χ2v) is 8.20. The molecule has 0 aromatic heterocycles. The van der Waals surface area contributed by atoms with Gasteiger partial charge in [0.1, 0.15) is 0 Å². The molecule has 0 aliphatic rings. The van der Waals surface area contributed by atoms with Crippen LogP contribution in [0, 0.1) is 5.41 Å². The van der Waals surface area contributed by atoms with Crippen molar-refractivity contribution in [2.24, 2.45) is 5.41 Å². The summed E-state index contributed by atoms with van der Waals surface area (Å²) in [5, 5.41) is 45.4. The number of hydrogen-bond donors (Lipinski definition) is 5. The van der Waals surface area contributed by atoms with Gasteiger partial charge in [-0.25, -0.2) is 0 Å². The molecule has 0 rings (SSSR count). The van der Waals surface area contributed by atoms with Crippen LogP contribution in [0.5, 0.6) is 0 Å². The molecule has 5 N–H and O–H groups in total. The fourth-order valence-electron chi connectivity index (χ4n) is 3.13. The first-order chi connectivity index (χ1) is 14.1. The van der Waals surface area contributed by atoms with E-state index in [0.29, 0.717) is 0 Å². The highest BCUT2D eigenvalue weighted by atomic mass is 16.4. The Hall–Kier alpha value is -2.77. The molecular weight excluding hydrogens is 418 g/mol. The van der Waals surface area contributed by atoms with E-state index in [4.69, 9.17) is 20.4 Å². The predicted octanol–water partition coefficient (Wildman–Crippen LogP) is -1.27. The van der Waals surface area contributed by atoms with Crippen molar-refractivity contribution in [2.75, 3.05) is 52.4 Å². The summed E-state index contributed by atoms with van der Waals surface area (Å²) in [5.74, 6) is -6.17. The van der Waals surface area contributed by atoms with E-state index in [9.17, 15) is 29.1 Å². The first-order valence-corrected chi connectivity index (χ1v) is 9.39. The number of rotatable bonds is 16. The van der Waals surface area contributed by atoms with Gasteiger partial charge < -0.3 is 25.5 Å². The molecule has 0 aromatic rings. The normalized spacial score (nSPS) is 12.8. The average molecular weight is 449 g/mol. The average Bonchev–Trinajstić information content (AvgIpc) is 2.52. The minimum atomic E-state index is -1.24. The summed E-state index contributed by atoms with van der Waals surface area (Å²) in [6.45, 7) is 2.43. The molecule has 0 heterocycles. The van der Waals surface area contributed by atoms with Gasteiger partial charge in [0.25, 0.3) is 0 Å². The van der Waals surface area contributed by atoms with Crippen LogP contribution in [0.2, 0.25) is 0 Å². The molecule has 0 saturated carbocycles. The van der Waals surface area contributed by atoms with Crippen LogP contribution in [0.25, 0.3) is 0 Å². The molecular formula is C18H31N3O10. The van der Waals surface area contributed by atoms with Crippen molar-refractivity contribution in [3.8, 4) is 0 Å². The molecule has 31 heavy (non-hydrogen) atoms. The van der Waals surface area contributed by atoms with Crippen molar-refractivity contribution in [1.82, 2.24) is 14.7 Å². The molecule has 1 atom stereocenters. The lowest BCUT2D eigenvalue weighted by molar-refractivity contribution is -0.144. The van der Waals surface area contributed by atoms with E-state index in [1.54, 1.807) is 20.8 Å². The Morgan fingerprint density at radius 2 is 0.968 bits per heavy atom. The van der Waals surface area contributed by atoms with Gasteiger partial charge in [0, 0.05) is 25.7 Å². The Morgan fingerprint density at radius 3 is 1.29 bits per heavy atom. The maximum absolute atomic E-state index is 11.4. The number of hydrogen-bond acceptors (Lipinski definition) is 8. The van der Waals surface area contributed by atoms with Crippen molar-refractivity contribution in [3.05, 3.63) is 0 Å². The van der Waals surface area contributed by atoms with E-state index in [0.717, 1.165) is 4.90 Å². The van der Waals surface area contributed by atoms with Crippen molar-refractivity contribution < 1.29 is 49.5 Å². The Bertz CT molecular complexity index is 629. The molecule has 1 unspecified atom stereocenters. The largest absolute Gasteiger partial charge is 0.480 e. The van der Waals surface area contributed by atoms with Gasteiger partial charge in [0.05, 0.1) is 32.7 Å². The van der Waals surface area contributed by atoms with Gasteiger partial charge in [0.2, 0.25) is 0 Å². The first kappa shape index (κ1) is 28.2. The minimum absolute atomic E-state index is 0.0250. The van der Waals surface area contributed by atoms with Crippen LogP contribution in [-0.2, 0) is 24.0 Å². The zero-order valence-corrected chi connectivity index (χ0v) is 17.9. The fourth-order valence-corrected chi connectivity index (χ4v) is 3.13. The number of carbonyl (C=O) groups is 5. The number of carboxylic acid groups (broad SMARTS) is 5. The molecule has 0 aliphatic carbocycles. The molecule has 0 saturated heterocycles. The third kappa shape index (κ3) is 13.2.